The summed E-state index contributed by atoms with van der Waals surface area (Å²) in [6, 6.07) is 20.0. The molecular weight excluding hydrogens is 559 g/mol. The number of rotatable bonds is 8. The van der Waals surface area contributed by atoms with Crippen molar-refractivity contribution in [1.29, 1.82) is 5.26 Å². The largest absolute Gasteiger partial charge is 0.389 e. The van der Waals surface area contributed by atoms with E-state index in [0.29, 0.717) is 16.9 Å². The maximum absolute atomic E-state index is 13.6. The molecule has 0 saturated heterocycles. The van der Waals surface area contributed by atoms with Gasteiger partial charge in [0, 0.05) is 12.1 Å². The number of carbonyl (C=O) groups is 3. The number of amides is 3. The van der Waals surface area contributed by atoms with Crippen LogP contribution in [0.1, 0.15) is 29.9 Å². The average Bonchev–Trinajstić information content (AvgIpc) is 3.07. The van der Waals surface area contributed by atoms with Gasteiger partial charge < -0.3 is 21.3 Å². The third-order valence-electron chi connectivity index (χ3n) is 6.76. The number of carbonyl (C=O) groups excluding carboxylic acids is 3. The molecule has 3 aromatic rings. The summed E-state index contributed by atoms with van der Waals surface area (Å²) in [5.41, 5.74) is 7.47. The summed E-state index contributed by atoms with van der Waals surface area (Å²) >= 11 is 6.38. The zero-order chi connectivity index (χ0) is 29.7. The van der Waals surface area contributed by atoms with Gasteiger partial charge in [0.05, 0.1) is 46.4 Å². The number of halogens is 4. The van der Waals surface area contributed by atoms with E-state index in [9.17, 15) is 32.8 Å². The Labute approximate surface area is 238 Å². The number of anilines is 3. The van der Waals surface area contributed by atoms with E-state index in [2.05, 4.69) is 10.6 Å². The van der Waals surface area contributed by atoms with Gasteiger partial charge in [-0.1, -0.05) is 54.1 Å². The summed E-state index contributed by atoms with van der Waals surface area (Å²) in [5.74, 6) is -5.48. The first-order chi connectivity index (χ1) is 19.5. The number of nitriles is 1. The van der Waals surface area contributed by atoms with E-state index in [1.807, 2.05) is 6.07 Å². The fourth-order valence-corrected chi connectivity index (χ4v) is 5.05. The Morgan fingerprint density at radius 2 is 1.83 bits per heavy atom. The molecule has 0 aliphatic carbocycles. The Balaban J connectivity index is 1.71. The van der Waals surface area contributed by atoms with Crippen molar-refractivity contribution < 1.29 is 27.6 Å². The van der Waals surface area contributed by atoms with Crippen molar-refractivity contribution in [3.8, 4) is 6.07 Å². The molecule has 12 heteroatoms. The van der Waals surface area contributed by atoms with Gasteiger partial charge in [-0.3, -0.25) is 14.4 Å². The van der Waals surface area contributed by atoms with Crippen LogP contribution in [0.25, 0.3) is 0 Å². The lowest BCUT2D eigenvalue weighted by Gasteiger charge is -2.29. The lowest BCUT2D eigenvalue weighted by atomic mass is 9.81. The number of hydrogen-bond donors (Lipinski definition) is 3. The fraction of sp³-hybridized carbons (Fsp3) is 0.241. The Morgan fingerprint density at radius 1 is 1.12 bits per heavy atom. The molecule has 0 saturated carbocycles. The van der Waals surface area contributed by atoms with Gasteiger partial charge in [0.15, 0.2) is 0 Å². The van der Waals surface area contributed by atoms with E-state index >= 15 is 0 Å². The number of para-hydroxylation sites is 1. The predicted octanol–water partition coefficient (Wildman–Crippen LogP) is 5.01. The molecule has 41 heavy (non-hydrogen) atoms. The molecule has 0 radical (unpaired) electrons. The minimum atomic E-state index is -4.60. The Bertz CT molecular complexity index is 1490. The van der Waals surface area contributed by atoms with Crippen LogP contribution in [0.4, 0.5) is 30.2 Å². The van der Waals surface area contributed by atoms with E-state index in [-0.39, 0.29) is 22.8 Å². The minimum absolute atomic E-state index is 0.154. The standard InChI is InChI=1S/C29H25ClF3N5O3/c30-21-10-5-11-23-25(21)37-28(41)22(16-38(23)19-9-4-6-17(14-19)15-34)36-27(40)20(12-13-29(31,32)33)24(26(35)39)18-7-2-1-3-8-18/h1-11,14,20,22,24H,12-13,16H2,(H2,35,39)(H,36,40)(H,37,41)/t20?,22-,24?/m0/s1. The van der Waals surface area contributed by atoms with Gasteiger partial charge in [-0.15, -0.1) is 0 Å². The Kier molecular flexibility index (Phi) is 8.83. The van der Waals surface area contributed by atoms with Crippen LogP contribution in [0.15, 0.2) is 72.8 Å². The first kappa shape index (κ1) is 29.4. The molecule has 0 aromatic heterocycles. The van der Waals surface area contributed by atoms with Gasteiger partial charge in [-0.25, -0.2) is 0 Å². The van der Waals surface area contributed by atoms with Crippen LogP contribution in [-0.2, 0) is 14.4 Å². The van der Waals surface area contributed by atoms with Gasteiger partial charge in [0.1, 0.15) is 6.04 Å². The molecule has 4 rings (SSSR count). The summed E-state index contributed by atoms with van der Waals surface area (Å²) in [6.07, 6.45) is -6.67. The van der Waals surface area contributed by atoms with Crippen LogP contribution in [0.5, 0.6) is 0 Å². The number of benzene rings is 3. The second-order valence-corrected chi connectivity index (χ2v) is 9.92. The van der Waals surface area contributed by atoms with Crippen molar-refractivity contribution in [3.63, 3.8) is 0 Å². The molecule has 212 valence electrons. The summed E-state index contributed by atoms with van der Waals surface area (Å²) in [5, 5.41) is 14.9. The van der Waals surface area contributed by atoms with Crippen LogP contribution >= 0.6 is 11.6 Å². The highest BCUT2D eigenvalue weighted by atomic mass is 35.5. The Morgan fingerprint density at radius 3 is 2.49 bits per heavy atom. The maximum Gasteiger partial charge on any atom is 0.389 e. The van der Waals surface area contributed by atoms with Crippen molar-refractivity contribution in [2.24, 2.45) is 11.7 Å². The smallest absolute Gasteiger partial charge is 0.369 e. The van der Waals surface area contributed by atoms with Crippen molar-refractivity contribution in [1.82, 2.24) is 5.32 Å². The lowest BCUT2D eigenvalue weighted by Crippen LogP contribution is -2.51. The molecular formula is C29H25ClF3N5O3. The summed E-state index contributed by atoms with van der Waals surface area (Å²) in [6.45, 7) is -0.154. The molecule has 0 spiro atoms. The molecule has 3 amide bonds. The number of nitrogens with zero attached hydrogens (tertiary/aromatic N) is 2. The summed E-state index contributed by atoms with van der Waals surface area (Å²) in [7, 11) is 0. The SMILES string of the molecule is N#Cc1cccc(N2C[C@H](NC(=O)C(CCC(F)(F)F)C(C(N)=O)c3ccccc3)C(=O)Nc3c(Cl)cccc32)c1. The molecule has 0 fully saturated rings. The summed E-state index contributed by atoms with van der Waals surface area (Å²) in [4.78, 5) is 41.1. The van der Waals surface area contributed by atoms with Crippen molar-refractivity contribution in [2.75, 3.05) is 16.8 Å². The lowest BCUT2D eigenvalue weighted by molar-refractivity contribution is -0.144. The first-order valence-corrected chi connectivity index (χ1v) is 12.9. The molecule has 8 nitrogen and oxygen atoms in total. The van der Waals surface area contributed by atoms with Crippen molar-refractivity contribution in [2.45, 2.75) is 31.0 Å². The van der Waals surface area contributed by atoms with E-state index < -0.39 is 54.6 Å². The van der Waals surface area contributed by atoms with E-state index in [1.165, 1.54) is 12.1 Å². The molecule has 3 aromatic carbocycles. The van der Waals surface area contributed by atoms with Crippen molar-refractivity contribution in [3.05, 3.63) is 88.9 Å². The molecule has 2 unspecified atom stereocenters. The van der Waals surface area contributed by atoms with Gasteiger partial charge in [0.2, 0.25) is 17.7 Å². The normalized spacial score (nSPS) is 16.4. The molecule has 1 heterocycles. The first-order valence-electron chi connectivity index (χ1n) is 12.6. The monoisotopic (exact) mass is 583 g/mol. The van der Waals surface area contributed by atoms with Crippen LogP contribution in [0.2, 0.25) is 5.02 Å². The number of nitrogens with two attached hydrogens (primary N) is 1. The highest BCUT2D eigenvalue weighted by Crippen LogP contribution is 2.39. The van der Waals surface area contributed by atoms with Gasteiger partial charge >= 0.3 is 6.18 Å². The number of alkyl halides is 3. The zero-order valence-electron chi connectivity index (χ0n) is 21.5. The van der Waals surface area contributed by atoms with E-state index in [4.69, 9.17) is 17.3 Å². The van der Waals surface area contributed by atoms with E-state index in [1.54, 1.807) is 65.6 Å². The second kappa shape index (κ2) is 12.3. The molecule has 0 bridgehead atoms. The molecule has 4 N–H and O–H groups in total. The van der Waals surface area contributed by atoms with Gasteiger partial charge in [0.25, 0.3) is 0 Å². The Hall–Kier alpha value is -4.56. The number of hydrogen-bond acceptors (Lipinski definition) is 5. The van der Waals surface area contributed by atoms with Crippen LogP contribution in [-0.4, -0.2) is 36.5 Å². The number of fused-ring (bicyclic) bond motifs is 1. The third kappa shape index (κ3) is 6.96. The highest BCUT2D eigenvalue weighted by Gasteiger charge is 2.40. The summed E-state index contributed by atoms with van der Waals surface area (Å²) < 4.78 is 39.8. The van der Waals surface area contributed by atoms with Crippen LogP contribution in [0, 0.1) is 17.2 Å². The van der Waals surface area contributed by atoms with Crippen molar-refractivity contribution >= 4 is 46.4 Å². The molecule has 1 aliphatic rings. The van der Waals surface area contributed by atoms with Crippen LogP contribution in [0.3, 0.4) is 0 Å². The number of primary amides is 1. The van der Waals surface area contributed by atoms with E-state index in [0.717, 1.165) is 0 Å². The zero-order valence-corrected chi connectivity index (χ0v) is 22.2. The predicted molar refractivity (Wildman–Crippen MR) is 147 cm³/mol. The topological polar surface area (TPSA) is 128 Å². The molecule has 3 atom stereocenters. The quantitative estimate of drug-likeness (QED) is 0.343. The highest BCUT2D eigenvalue weighted by molar-refractivity contribution is 6.34. The minimum Gasteiger partial charge on any atom is -0.369 e. The van der Waals surface area contributed by atoms with Gasteiger partial charge in [-0.2, -0.15) is 18.4 Å². The van der Waals surface area contributed by atoms with Crippen LogP contribution < -0.4 is 21.3 Å². The average molecular weight is 584 g/mol. The fourth-order valence-electron chi connectivity index (χ4n) is 4.84. The maximum atomic E-state index is 13.6. The third-order valence-corrected chi connectivity index (χ3v) is 7.07. The van der Waals surface area contributed by atoms with Gasteiger partial charge in [-0.05, 0) is 42.3 Å². The molecule has 1 aliphatic heterocycles. The number of nitrogens with one attached hydrogen (secondary N) is 2. The second-order valence-electron chi connectivity index (χ2n) is 9.51.